The predicted octanol–water partition coefficient (Wildman–Crippen LogP) is 4.87. The molecule has 0 aliphatic rings. The second kappa shape index (κ2) is 8.62. The number of carbonyl (C=O) groups is 1. The van der Waals surface area contributed by atoms with E-state index in [1.165, 1.54) is 33.5 Å². The number of rotatable bonds is 7. The average Bonchev–Trinajstić information content (AvgIpc) is 3.16. The number of thioether (sulfide) groups is 1. The topological polar surface area (TPSA) is 80.7 Å². The third-order valence-corrected chi connectivity index (χ3v) is 7.47. The molecule has 3 aromatic rings. The number of thiophene rings is 1. The Bertz CT molecular complexity index is 950. The highest BCUT2D eigenvalue weighted by Crippen LogP contribution is 2.36. The molecule has 0 spiro atoms. The minimum atomic E-state index is -0.250. The fourth-order valence-electron chi connectivity index (χ4n) is 2.62. The number of nitrogens with zero attached hydrogens (tertiary/aromatic N) is 4. The molecule has 0 bridgehead atoms. The summed E-state index contributed by atoms with van der Waals surface area (Å²) in [6, 6.07) is 0. The number of hydrogen-bond donors (Lipinski definition) is 1. The Labute approximate surface area is 171 Å². The third-order valence-electron chi connectivity index (χ3n) is 4.13. The molecule has 0 radical (unpaired) electrons. The summed E-state index contributed by atoms with van der Waals surface area (Å²) in [4.78, 5) is 23.8. The highest BCUT2D eigenvalue weighted by molar-refractivity contribution is 8.00. The zero-order valence-corrected chi connectivity index (χ0v) is 18.5. The number of anilines is 1. The molecule has 1 atom stereocenters. The smallest absolute Gasteiger partial charge is 0.239 e. The maximum absolute atomic E-state index is 12.8. The molecule has 9 heteroatoms. The molecule has 6 nitrogen and oxygen atoms in total. The van der Waals surface area contributed by atoms with Gasteiger partial charge in [0.1, 0.15) is 21.2 Å². The van der Waals surface area contributed by atoms with Crippen molar-refractivity contribution in [2.24, 2.45) is 5.92 Å². The van der Waals surface area contributed by atoms with Crippen molar-refractivity contribution in [2.45, 2.75) is 57.7 Å². The number of carbonyl (C=O) groups excluding carboxylic acids is 1. The fourth-order valence-corrected chi connectivity index (χ4v) is 5.71. The first-order chi connectivity index (χ1) is 12.9. The van der Waals surface area contributed by atoms with Crippen molar-refractivity contribution >= 4 is 55.7 Å². The summed E-state index contributed by atoms with van der Waals surface area (Å²) >= 11 is 4.60. The van der Waals surface area contributed by atoms with Crippen LogP contribution in [-0.2, 0) is 11.2 Å². The Hall–Kier alpha value is -1.58. The summed E-state index contributed by atoms with van der Waals surface area (Å²) in [5, 5.41) is 14.4. The van der Waals surface area contributed by atoms with Crippen LogP contribution in [0.5, 0.6) is 0 Å². The molecule has 27 heavy (non-hydrogen) atoms. The van der Waals surface area contributed by atoms with Gasteiger partial charge in [0.25, 0.3) is 0 Å². The SMILES string of the molecule is CCC(Sc1ncnc2sc(C)c(C)c12)C(=O)Nc1nnc(CC(C)C)s1. The van der Waals surface area contributed by atoms with E-state index < -0.39 is 0 Å². The van der Waals surface area contributed by atoms with Crippen LogP contribution < -0.4 is 5.32 Å². The van der Waals surface area contributed by atoms with E-state index in [1.54, 1.807) is 17.7 Å². The normalized spacial score (nSPS) is 12.7. The van der Waals surface area contributed by atoms with E-state index in [0.717, 1.165) is 26.7 Å². The van der Waals surface area contributed by atoms with Crippen LogP contribution in [0.2, 0.25) is 0 Å². The minimum Gasteiger partial charge on any atom is -0.300 e. The highest BCUT2D eigenvalue weighted by Gasteiger charge is 2.23. The van der Waals surface area contributed by atoms with Gasteiger partial charge in [0.05, 0.1) is 5.25 Å². The molecule has 1 amide bonds. The van der Waals surface area contributed by atoms with Gasteiger partial charge in [-0.3, -0.25) is 10.1 Å². The van der Waals surface area contributed by atoms with Gasteiger partial charge in [-0.2, -0.15) is 0 Å². The molecule has 0 aliphatic carbocycles. The van der Waals surface area contributed by atoms with Crippen molar-refractivity contribution in [3.05, 3.63) is 21.8 Å². The lowest BCUT2D eigenvalue weighted by Gasteiger charge is -2.13. The van der Waals surface area contributed by atoms with Crippen molar-refractivity contribution in [1.29, 1.82) is 0 Å². The van der Waals surface area contributed by atoms with Gasteiger partial charge in [-0.25, -0.2) is 9.97 Å². The van der Waals surface area contributed by atoms with Crippen LogP contribution in [-0.4, -0.2) is 31.3 Å². The highest BCUT2D eigenvalue weighted by atomic mass is 32.2. The molecule has 3 aromatic heterocycles. The van der Waals surface area contributed by atoms with Gasteiger partial charge in [-0.1, -0.05) is 43.9 Å². The van der Waals surface area contributed by atoms with Crippen LogP contribution in [0.15, 0.2) is 11.4 Å². The summed E-state index contributed by atoms with van der Waals surface area (Å²) in [7, 11) is 0. The predicted molar refractivity (Wildman–Crippen MR) is 114 cm³/mol. The minimum absolute atomic E-state index is 0.0638. The second-order valence-corrected chi connectivity index (χ2v) is 10.2. The van der Waals surface area contributed by atoms with E-state index in [9.17, 15) is 4.79 Å². The van der Waals surface area contributed by atoms with Crippen molar-refractivity contribution in [2.75, 3.05) is 5.32 Å². The molecule has 3 rings (SSSR count). The number of amides is 1. The van der Waals surface area contributed by atoms with E-state index >= 15 is 0 Å². The largest absolute Gasteiger partial charge is 0.300 e. The molecule has 0 saturated carbocycles. The Morgan fingerprint density at radius 1 is 1.22 bits per heavy atom. The van der Waals surface area contributed by atoms with Crippen molar-refractivity contribution in [1.82, 2.24) is 20.2 Å². The quantitative estimate of drug-likeness (QED) is 0.433. The first-order valence-electron chi connectivity index (χ1n) is 8.89. The Morgan fingerprint density at radius 3 is 2.70 bits per heavy atom. The average molecular weight is 422 g/mol. The molecule has 1 N–H and O–H groups in total. The van der Waals surface area contributed by atoms with Crippen LogP contribution >= 0.6 is 34.4 Å². The standard InChI is InChI=1S/C18H23N5OS3/c1-6-12(15(24)21-18-23-22-13(27-18)7-9(2)3)26-17-14-10(4)11(5)25-16(14)19-8-20-17/h8-9,12H,6-7H2,1-5H3,(H,21,23,24). The lowest BCUT2D eigenvalue weighted by atomic mass is 10.1. The van der Waals surface area contributed by atoms with E-state index in [4.69, 9.17) is 0 Å². The van der Waals surface area contributed by atoms with Gasteiger partial charge in [0.2, 0.25) is 11.0 Å². The number of fused-ring (bicyclic) bond motifs is 1. The molecule has 0 aliphatic heterocycles. The monoisotopic (exact) mass is 421 g/mol. The maximum Gasteiger partial charge on any atom is 0.239 e. The first-order valence-corrected chi connectivity index (χ1v) is 11.4. The van der Waals surface area contributed by atoms with Crippen LogP contribution in [0.25, 0.3) is 10.2 Å². The van der Waals surface area contributed by atoms with Gasteiger partial charge < -0.3 is 0 Å². The first kappa shape index (κ1) is 20.2. The summed E-state index contributed by atoms with van der Waals surface area (Å²) in [5.74, 6) is 0.448. The van der Waals surface area contributed by atoms with Crippen molar-refractivity contribution in [3.8, 4) is 0 Å². The van der Waals surface area contributed by atoms with Gasteiger partial charge in [-0.05, 0) is 31.7 Å². The second-order valence-electron chi connectivity index (χ2n) is 6.75. The number of hydrogen-bond acceptors (Lipinski definition) is 8. The zero-order valence-electron chi connectivity index (χ0n) is 16.1. The van der Waals surface area contributed by atoms with Crippen molar-refractivity contribution < 1.29 is 4.79 Å². The van der Waals surface area contributed by atoms with E-state index in [0.29, 0.717) is 17.5 Å². The van der Waals surface area contributed by atoms with Gasteiger partial charge >= 0.3 is 0 Å². The fraction of sp³-hybridized carbons (Fsp3) is 0.500. The molecular weight excluding hydrogens is 398 g/mol. The number of aromatic nitrogens is 4. The van der Waals surface area contributed by atoms with E-state index in [2.05, 4.69) is 53.2 Å². The molecular formula is C18H23N5OS3. The number of nitrogens with one attached hydrogen (secondary N) is 1. The van der Waals surface area contributed by atoms with E-state index in [1.807, 2.05) is 6.92 Å². The Kier molecular flexibility index (Phi) is 6.44. The lowest BCUT2D eigenvalue weighted by Crippen LogP contribution is -2.24. The summed E-state index contributed by atoms with van der Waals surface area (Å²) in [6.07, 6.45) is 3.14. The Morgan fingerprint density at radius 2 is 2.00 bits per heavy atom. The molecule has 0 aromatic carbocycles. The number of aryl methyl sites for hydroxylation is 2. The van der Waals surface area contributed by atoms with Crippen LogP contribution in [0, 0.1) is 19.8 Å². The maximum atomic E-state index is 12.8. The van der Waals surface area contributed by atoms with Crippen LogP contribution in [0.1, 0.15) is 42.6 Å². The third kappa shape index (κ3) is 4.64. The lowest BCUT2D eigenvalue weighted by molar-refractivity contribution is -0.115. The zero-order chi connectivity index (χ0) is 19.6. The molecule has 144 valence electrons. The van der Waals surface area contributed by atoms with Crippen LogP contribution in [0.3, 0.4) is 0 Å². The Balaban J connectivity index is 1.75. The molecule has 1 unspecified atom stereocenters. The van der Waals surface area contributed by atoms with Gasteiger partial charge in [0.15, 0.2) is 0 Å². The molecule has 0 saturated heterocycles. The van der Waals surface area contributed by atoms with Gasteiger partial charge in [-0.15, -0.1) is 21.5 Å². The summed E-state index contributed by atoms with van der Waals surface area (Å²) < 4.78 is 0. The van der Waals surface area contributed by atoms with Crippen LogP contribution in [0.4, 0.5) is 5.13 Å². The van der Waals surface area contributed by atoms with Gasteiger partial charge in [0, 0.05) is 16.7 Å². The summed E-state index contributed by atoms with van der Waals surface area (Å²) in [6.45, 7) is 10.5. The molecule has 3 heterocycles. The van der Waals surface area contributed by atoms with E-state index in [-0.39, 0.29) is 11.2 Å². The van der Waals surface area contributed by atoms with Crippen molar-refractivity contribution in [3.63, 3.8) is 0 Å². The summed E-state index contributed by atoms with van der Waals surface area (Å²) in [5.41, 5.74) is 1.19. The molecule has 0 fully saturated rings.